The van der Waals surface area contributed by atoms with Crippen LogP contribution in [0.25, 0.3) is 0 Å². The molecule has 1 saturated heterocycles. The molecule has 1 aliphatic rings. The van der Waals surface area contributed by atoms with Crippen molar-refractivity contribution in [3.63, 3.8) is 0 Å². The lowest BCUT2D eigenvalue weighted by molar-refractivity contribution is 0.586. The fraction of sp³-hybridized carbons (Fsp3) is 0.500. The molecule has 0 bridgehead atoms. The molecule has 18 heavy (non-hydrogen) atoms. The second-order valence-corrected chi connectivity index (χ2v) is 6.92. The number of sulfone groups is 1. The van der Waals surface area contributed by atoms with Crippen molar-refractivity contribution in [3.05, 3.63) is 11.8 Å². The Balaban J connectivity index is 2.30. The molecule has 1 aliphatic heterocycles. The maximum absolute atomic E-state index is 11.4. The summed E-state index contributed by atoms with van der Waals surface area (Å²) >= 11 is 1.39. The zero-order valence-corrected chi connectivity index (χ0v) is 11.5. The van der Waals surface area contributed by atoms with Crippen molar-refractivity contribution >= 4 is 27.4 Å². The van der Waals surface area contributed by atoms with Crippen molar-refractivity contribution in [3.8, 4) is 6.07 Å². The first kappa shape index (κ1) is 13.1. The van der Waals surface area contributed by atoms with E-state index in [0.29, 0.717) is 29.6 Å². The number of nitrogens with zero attached hydrogens (tertiary/aromatic N) is 4. The van der Waals surface area contributed by atoms with E-state index in [4.69, 9.17) is 5.26 Å². The number of aromatic nitrogens is 2. The highest BCUT2D eigenvalue weighted by Gasteiger charge is 2.24. The van der Waals surface area contributed by atoms with Gasteiger partial charge >= 0.3 is 0 Å². The Labute approximate surface area is 110 Å². The standard InChI is InChI=1S/C10H12N4O2S2/c1-17-10-12-7-8(6-11)9(13-10)14-2-4-18(15,16)5-3-14/h7H,2-5H2,1H3. The summed E-state index contributed by atoms with van der Waals surface area (Å²) in [6, 6.07) is 2.04. The Morgan fingerprint density at radius 1 is 1.44 bits per heavy atom. The molecule has 0 N–H and O–H groups in total. The van der Waals surface area contributed by atoms with E-state index < -0.39 is 9.84 Å². The van der Waals surface area contributed by atoms with Crippen LogP contribution < -0.4 is 4.90 Å². The second-order valence-electron chi connectivity index (χ2n) is 3.84. The summed E-state index contributed by atoms with van der Waals surface area (Å²) < 4.78 is 22.8. The van der Waals surface area contributed by atoms with Gasteiger partial charge in [0.15, 0.2) is 20.8 Å². The molecule has 1 aromatic heterocycles. The molecular weight excluding hydrogens is 272 g/mol. The Kier molecular flexibility index (Phi) is 3.73. The molecule has 6 nitrogen and oxygen atoms in total. The molecule has 0 saturated carbocycles. The number of thioether (sulfide) groups is 1. The highest BCUT2D eigenvalue weighted by atomic mass is 32.2. The summed E-state index contributed by atoms with van der Waals surface area (Å²) in [5, 5.41) is 9.61. The largest absolute Gasteiger partial charge is 0.353 e. The van der Waals surface area contributed by atoms with Gasteiger partial charge in [-0.15, -0.1) is 0 Å². The van der Waals surface area contributed by atoms with E-state index in [1.807, 2.05) is 17.2 Å². The van der Waals surface area contributed by atoms with Crippen molar-refractivity contribution in [2.45, 2.75) is 5.16 Å². The van der Waals surface area contributed by atoms with Crippen LogP contribution in [0.5, 0.6) is 0 Å². The lowest BCUT2D eigenvalue weighted by Gasteiger charge is -2.28. The van der Waals surface area contributed by atoms with Gasteiger partial charge in [0.05, 0.1) is 17.7 Å². The quantitative estimate of drug-likeness (QED) is 0.570. The predicted molar refractivity (Wildman–Crippen MR) is 69.4 cm³/mol. The van der Waals surface area contributed by atoms with Gasteiger partial charge in [-0.1, -0.05) is 11.8 Å². The summed E-state index contributed by atoms with van der Waals surface area (Å²) in [5.74, 6) is 0.749. The molecule has 0 aromatic carbocycles. The summed E-state index contributed by atoms with van der Waals surface area (Å²) in [4.78, 5) is 10.2. The van der Waals surface area contributed by atoms with Crippen molar-refractivity contribution in [1.29, 1.82) is 5.26 Å². The minimum atomic E-state index is -2.93. The molecule has 0 atom stereocenters. The van der Waals surface area contributed by atoms with Gasteiger partial charge in [0, 0.05) is 13.1 Å². The number of nitriles is 1. The van der Waals surface area contributed by atoms with E-state index >= 15 is 0 Å². The smallest absolute Gasteiger partial charge is 0.189 e. The van der Waals surface area contributed by atoms with Crippen LogP contribution >= 0.6 is 11.8 Å². The van der Waals surface area contributed by atoms with E-state index in [1.54, 1.807) is 0 Å². The molecule has 1 fully saturated rings. The van der Waals surface area contributed by atoms with Crippen molar-refractivity contribution in [1.82, 2.24) is 9.97 Å². The fourth-order valence-corrected chi connectivity index (χ4v) is 3.24. The Hall–Kier alpha value is -1.33. The zero-order valence-electron chi connectivity index (χ0n) is 9.83. The number of hydrogen-bond acceptors (Lipinski definition) is 7. The SMILES string of the molecule is CSc1ncc(C#N)c(N2CCS(=O)(=O)CC2)n1. The van der Waals surface area contributed by atoms with E-state index in [2.05, 4.69) is 9.97 Å². The van der Waals surface area contributed by atoms with Gasteiger partial charge in [0.2, 0.25) is 0 Å². The topological polar surface area (TPSA) is 87.0 Å². The van der Waals surface area contributed by atoms with Gasteiger partial charge in [-0.25, -0.2) is 18.4 Å². The van der Waals surface area contributed by atoms with Gasteiger partial charge in [-0.05, 0) is 6.26 Å². The van der Waals surface area contributed by atoms with E-state index in [1.165, 1.54) is 18.0 Å². The first-order chi connectivity index (χ1) is 8.55. The Morgan fingerprint density at radius 3 is 2.67 bits per heavy atom. The summed E-state index contributed by atoms with van der Waals surface area (Å²) in [6.45, 7) is 0.754. The van der Waals surface area contributed by atoms with Crippen molar-refractivity contribution < 1.29 is 8.42 Å². The van der Waals surface area contributed by atoms with Crippen LogP contribution in [0.2, 0.25) is 0 Å². The molecule has 2 rings (SSSR count). The van der Waals surface area contributed by atoms with E-state index in [-0.39, 0.29) is 11.5 Å². The van der Waals surface area contributed by atoms with Gasteiger partial charge in [-0.2, -0.15) is 5.26 Å². The summed E-state index contributed by atoms with van der Waals surface area (Å²) in [7, 11) is -2.93. The van der Waals surface area contributed by atoms with Crippen LogP contribution in [0, 0.1) is 11.3 Å². The molecule has 96 valence electrons. The maximum atomic E-state index is 11.4. The molecule has 0 amide bonds. The highest BCUT2D eigenvalue weighted by Crippen LogP contribution is 2.21. The zero-order chi connectivity index (χ0) is 13.2. The Bertz CT molecular complexity index is 580. The summed E-state index contributed by atoms with van der Waals surface area (Å²) in [5.41, 5.74) is 0.382. The normalized spacial score (nSPS) is 18.3. The molecule has 2 heterocycles. The van der Waals surface area contributed by atoms with E-state index in [9.17, 15) is 8.42 Å². The van der Waals surface area contributed by atoms with Gasteiger partial charge in [0.25, 0.3) is 0 Å². The second kappa shape index (κ2) is 5.12. The minimum Gasteiger partial charge on any atom is -0.353 e. The third-order valence-electron chi connectivity index (χ3n) is 2.69. The molecule has 8 heteroatoms. The molecule has 0 aliphatic carbocycles. The fourth-order valence-electron chi connectivity index (χ4n) is 1.70. The molecular formula is C10H12N4O2S2. The monoisotopic (exact) mass is 284 g/mol. The molecule has 0 unspecified atom stereocenters. The first-order valence-electron chi connectivity index (χ1n) is 5.32. The lowest BCUT2D eigenvalue weighted by Crippen LogP contribution is -2.41. The first-order valence-corrected chi connectivity index (χ1v) is 8.37. The third-order valence-corrected chi connectivity index (χ3v) is 4.86. The molecule has 0 spiro atoms. The molecule has 1 aromatic rings. The van der Waals surface area contributed by atoms with Crippen LogP contribution in [0.1, 0.15) is 5.56 Å². The highest BCUT2D eigenvalue weighted by molar-refractivity contribution is 7.98. The van der Waals surface area contributed by atoms with Gasteiger partial charge in [0.1, 0.15) is 11.6 Å². The Morgan fingerprint density at radius 2 is 2.11 bits per heavy atom. The predicted octanol–water partition coefficient (Wildman–Crippen LogP) is 0.305. The van der Waals surface area contributed by atoms with Gasteiger partial charge < -0.3 is 4.90 Å². The van der Waals surface area contributed by atoms with Crippen molar-refractivity contribution in [2.75, 3.05) is 35.8 Å². The lowest BCUT2D eigenvalue weighted by atomic mass is 10.3. The van der Waals surface area contributed by atoms with Crippen LogP contribution in [0.3, 0.4) is 0 Å². The van der Waals surface area contributed by atoms with E-state index in [0.717, 1.165) is 0 Å². The van der Waals surface area contributed by atoms with Gasteiger partial charge in [-0.3, -0.25) is 0 Å². The number of hydrogen-bond donors (Lipinski definition) is 0. The third kappa shape index (κ3) is 2.73. The molecule has 0 radical (unpaired) electrons. The minimum absolute atomic E-state index is 0.108. The van der Waals surface area contributed by atoms with Crippen LogP contribution in [0.15, 0.2) is 11.4 Å². The van der Waals surface area contributed by atoms with Crippen LogP contribution in [0.4, 0.5) is 5.82 Å². The number of rotatable bonds is 2. The van der Waals surface area contributed by atoms with Crippen LogP contribution in [-0.2, 0) is 9.84 Å². The average Bonchev–Trinajstić information content (AvgIpc) is 2.38. The maximum Gasteiger partial charge on any atom is 0.189 e. The number of anilines is 1. The summed E-state index contributed by atoms with van der Waals surface area (Å²) in [6.07, 6.45) is 3.34. The van der Waals surface area contributed by atoms with Crippen LogP contribution in [-0.4, -0.2) is 49.2 Å². The average molecular weight is 284 g/mol. The van der Waals surface area contributed by atoms with Crippen molar-refractivity contribution in [2.24, 2.45) is 0 Å².